The number of hydrogen-bond acceptors (Lipinski definition) is 4. The van der Waals surface area contributed by atoms with E-state index >= 15 is 0 Å². The van der Waals surface area contributed by atoms with Crippen LogP contribution in [0.3, 0.4) is 0 Å². The van der Waals surface area contributed by atoms with Crippen LogP contribution in [-0.4, -0.2) is 17.7 Å². The number of pyridine rings is 1. The predicted molar refractivity (Wildman–Crippen MR) is 84.1 cm³/mol. The van der Waals surface area contributed by atoms with Crippen molar-refractivity contribution < 1.29 is 9.53 Å². The van der Waals surface area contributed by atoms with Gasteiger partial charge in [0.1, 0.15) is 5.82 Å². The van der Waals surface area contributed by atoms with Crippen LogP contribution < -0.4 is 10.6 Å². The van der Waals surface area contributed by atoms with Gasteiger partial charge in [-0.15, -0.1) is 0 Å². The minimum absolute atomic E-state index is 0.339. The third kappa shape index (κ3) is 4.21. The van der Waals surface area contributed by atoms with Crippen LogP contribution in [0.4, 0.5) is 22.0 Å². The highest BCUT2D eigenvalue weighted by Gasteiger charge is 2.03. The fraction of sp³-hybridized carbons (Fsp3) is 0.250. The van der Waals surface area contributed by atoms with E-state index in [0.717, 1.165) is 5.69 Å². The number of carbonyl (C=O) groups is 1. The van der Waals surface area contributed by atoms with E-state index < -0.39 is 6.09 Å². The van der Waals surface area contributed by atoms with Crippen molar-refractivity contribution in [2.45, 2.75) is 20.8 Å². The van der Waals surface area contributed by atoms with Crippen molar-refractivity contribution in [1.29, 1.82) is 0 Å². The largest absolute Gasteiger partial charge is 0.450 e. The average molecular weight is 285 g/mol. The molecule has 5 heteroatoms. The number of rotatable bonds is 4. The second kappa shape index (κ2) is 6.74. The van der Waals surface area contributed by atoms with E-state index in [2.05, 4.69) is 41.6 Å². The van der Waals surface area contributed by atoms with Gasteiger partial charge in [0.25, 0.3) is 0 Å². The SMILES string of the molecule is CCOC(=O)Nc1ccc(Nc2ccc(C)c(C)c2)nc1. The maximum Gasteiger partial charge on any atom is 0.411 e. The fourth-order valence-corrected chi connectivity index (χ4v) is 1.79. The summed E-state index contributed by atoms with van der Waals surface area (Å²) in [5.41, 5.74) is 4.05. The van der Waals surface area contributed by atoms with Gasteiger partial charge < -0.3 is 10.1 Å². The molecule has 0 aliphatic heterocycles. The summed E-state index contributed by atoms with van der Waals surface area (Å²) < 4.78 is 4.80. The molecule has 1 aromatic heterocycles. The summed E-state index contributed by atoms with van der Waals surface area (Å²) >= 11 is 0. The molecule has 0 unspecified atom stereocenters. The van der Waals surface area contributed by atoms with Crippen LogP contribution in [0.15, 0.2) is 36.5 Å². The van der Waals surface area contributed by atoms with Crippen LogP contribution in [-0.2, 0) is 4.74 Å². The minimum Gasteiger partial charge on any atom is -0.450 e. The highest BCUT2D eigenvalue weighted by Crippen LogP contribution is 2.19. The lowest BCUT2D eigenvalue weighted by atomic mass is 10.1. The lowest BCUT2D eigenvalue weighted by molar-refractivity contribution is 0.168. The lowest BCUT2D eigenvalue weighted by Crippen LogP contribution is -2.13. The number of amides is 1. The van der Waals surface area contributed by atoms with Gasteiger partial charge in [0.15, 0.2) is 0 Å². The monoisotopic (exact) mass is 285 g/mol. The number of aromatic nitrogens is 1. The van der Waals surface area contributed by atoms with Crippen molar-refractivity contribution >= 4 is 23.3 Å². The number of nitrogens with zero attached hydrogens (tertiary/aromatic N) is 1. The molecule has 2 N–H and O–H groups in total. The third-order valence-corrected chi connectivity index (χ3v) is 3.06. The summed E-state index contributed by atoms with van der Waals surface area (Å²) in [7, 11) is 0. The molecule has 0 atom stereocenters. The lowest BCUT2D eigenvalue weighted by Gasteiger charge is -2.09. The van der Waals surface area contributed by atoms with Crippen LogP contribution in [0, 0.1) is 13.8 Å². The highest BCUT2D eigenvalue weighted by atomic mass is 16.5. The third-order valence-electron chi connectivity index (χ3n) is 3.06. The number of carbonyl (C=O) groups excluding carboxylic acids is 1. The van der Waals surface area contributed by atoms with Crippen LogP contribution in [0.5, 0.6) is 0 Å². The number of anilines is 3. The molecule has 0 spiro atoms. The van der Waals surface area contributed by atoms with Gasteiger partial charge in [0, 0.05) is 5.69 Å². The summed E-state index contributed by atoms with van der Waals surface area (Å²) in [6.07, 6.45) is 1.11. The topological polar surface area (TPSA) is 63.2 Å². The van der Waals surface area contributed by atoms with E-state index in [1.54, 1.807) is 25.3 Å². The van der Waals surface area contributed by atoms with Crippen LogP contribution in [0.2, 0.25) is 0 Å². The zero-order valence-corrected chi connectivity index (χ0v) is 12.4. The quantitative estimate of drug-likeness (QED) is 0.891. The van der Waals surface area contributed by atoms with Gasteiger partial charge in [0.2, 0.25) is 0 Å². The first-order valence-electron chi connectivity index (χ1n) is 6.82. The molecular weight excluding hydrogens is 266 g/mol. The normalized spacial score (nSPS) is 10.0. The Morgan fingerprint density at radius 1 is 1.14 bits per heavy atom. The first-order chi connectivity index (χ1) is 10.1. The summed E-state index contributed by atoms with van der Waals surface area (Å²) in [6, 6.07) is 9.72. The maximum atomic E-state index is 11.3. The summed E-state index contributed by atoms with van der Waals surface area (Å²) in [5, 5.41) is 5.82. The number of benzene rings is 1. The van der Waals surface area contributed by atoms with Crippen molar-refractivity contribution in [2.24, 2.45) is 0 Å². The molecule has 5 nitrogen and oxygen atoms in total. The van der Waals surface area contributed by atoms with Crippen LogP contribution in [0.25, 0.3) is 0 Å². The van der Waals surface area contributed by atoms with Crippen LogP contribution in [0.1, 0.15) is 18.1 Å². The maximum absolute atomic E-state index is 11.3. The molecule has 2 aromatic rings. The van der Waals surface area contributed by atoms with Gasteiger partial charge >= 0.3 is 6.09 Å². The second-order valence-electron chi connectivity index (χ2n) is 4.70. The van der Waals surface area contributed by atoms with Crippen molar-refractivity contribution in [3.63, 3.8) is 0 Å². The highest BCUT2D eigenvalue weighted by molar-refractivity contribution is 5.84. The smallest absolute Gasteiger partial charge is 0.411 e. The number of nitrogens with one attached hydrogen (secondary N) is 2. The molecule has 0 bridgehead atoms. The Hall–Kier alpha value is -2.56. The summed E-state index contributed by atoms with van der Waals surface area (Å²) in [4.78, 5) is 15.5. The van der Waals surface area contributed by atoms with Gasteiger partial charge in [-0.3, -0.25) is 5.32 Å². The number of aryl methyl sites for hydroxylation is 2. The Morgan fingerprint density at radius 2 is 1.90 bits per heavy atom. The van der Waals surface area contributed by atoms with Gasteiger partial charge in [-0.2, -0.15) is 0 Å². The van der Waals surface area contributed by atoms with E-state index in [9.17, 15) is 4.79 Å². The first-order valence-corrected chi connectivity index (χ1v) is 6.82. The van der Waals surface area contributed by atoms with E-state index in [4.69, 9.17) is 4.74 Å². The van der Waals surface area contributed by atoms with Crippen molar-refractivity contribution in [3.8, 4) is 0 Å². The molecule has 0 saturated heterocycles. The molecule has 0 aliphatic rings. The Balaban J connectivity index is 2.01. The zero-order chi connectivity index (χ0) is 15.2. The average Bonchev–Trinajstić information content (AvgIpc) is 2.45. The standard InChI is InChI=1S/C16H19N3O2/c1-4-21-16(20)19-14-7-8-15(17-10-14)18-13-6-5-11(2)12(3)9-13/h5-10H,4H2,1-3H3,(H,17,18)(H,19,20). The molecule has 1 heterocycles. The molecule has 0 radical (unpaired) electrons. The Kier molecular flexibility index (Phi) is 4.77. The van der Waals surface area contributed by atoms with Gasteiger partial charge in [-0.05, 0) is 56.2 Å². The summed E-state index contributed by atoms with van der Waals surface area (Å²) in [6.45, 7) is 6.24. The fourth-order valence-electron chi connectivity index (χ4n) is 1.79. The molecule has 0 aliphatic carbocycles. The van der Waals surface area contributed by atoms with Gasteiger partial charge in [0.05, 0.1) is 18.5 Å². The second-order valence-corrected chi connectivity index (χ2v) is 4.70. The predicted octanol–water partition coefficient (Wildman–Crippen LogP) is 4.01. The van der Waals surface area contributed by atoms with Gasteiger partial charge in [-0.25, -0.2) is 9.78 Å². The Morgan fingerprint density at radius 3 is 2.52 bits per heavy atom. The Labute approximate surface area is 124 Å². The number of hydrogen-bond donors (Lipinski definition) is 2. The van der Waals surface area contributed by atoms with Gasteiger partial charge in [-0.1, -0.05) is 6.07 Å². The van der Waals surface area contributed by atoms with E-state index in [1.807, 2.05) is 6.07 Å². The molecule has 21 heavy (non-hydrogen) atoms. The molecule has 110 valence electrons. The van der Waals surface area contributed by atoms with E-state index in [0.29, 0.717) is 18.1 Å². The molecular formula is C16H19N3O2. The Bertz CT molecular complexity index is 624. The molecule has 2 rings (SSSR count). The molecule has 0 fully saturated rings. The molecule has 1 amide bonds. The number of ether oxygens (including phenoxy) is 1. The van der Waals surface area contributed by atoms with Crippen LogP contribution >= 0.6 is 0 Å². The molecule has 0 saturated carbocycles. The zero-order valence-electron chi connectivity index (χ0n) is 12.4. The van der Waals surface area contributed by atoms with E-state index in [1.165, 1.54) is 11.1 Å². The minimum atomic E-state index is -0.478. The molecule has 1 aromatic carbocycles. The van der Waals surface area contributed by atoms with E-state index in [-0.39, 0.29) is 0 Å². The van der Waals surface area contributed by atoms with Crippen molar-refractivity contribution in [1.82, 2.24) is 4.98 Å². The first kappa shape index (κ1) is 14.8. The summed E-state index contributed by atoms with van der Waals surface area (Å²) in [5.74, 6) is 0.715. The van der Waals surface area contributed by atoms with Crippen molar-refractivity contribution in [2.75, 3.05) is 17.2 Å². The van der Waals surface area contributed by atoms with Crippen molar-refractivity contribution in [3.05, 3.63) is 47.7 Å².